The molecule has 0 aliphatic heterocycles. The molecule has 5 nitrogen and oxygen atoms in total. The summed E-state index contributed by atoms with van der Waals surface area (Å²) in [6, 6.07) is 10.5. The number of aromatic nitrogens is 1. The number of nitriles is 1. The summed E-state index contributed by atoms with van der Waals surface area (Å²) in [5.74, 6) is 0.278. The molecular weight excluding hydrogens is 290 g/mol. The normalized spacial score (nSPS) is 9.71. The molecule has 6 heteroatoms. The maximum Gasteiger partial charge on any atom is 0.227 e. The number of amides is 1. The molecule has 0 saturated carbocycles. The second-order valence-corrected chi connectivity index (χ2v) is 4.58. The van der Waals surface area contributed by atoms with Gasteiger partial charge in [0.15, 0.2) is 0 Å². The van der Waals surface area contributed by atoms with Gasteiger partial charge in [-0.25, -0.2) is 0 Å². The highest BCUT2D eigenvalue weighted by molar-refractivity contribution is 6.30. The van der Waals surface area contributed by atoms with E-state index in [0.29, 0.717) is 22.0 Å². The average molecular weight is 302 g/mol. The summed E-state index contributed by atoms with van der Waals surface area (Å²) >= 11 is 5.77. The number of carbonyl (C=O) groups excluding carboxylic acids is 1. The van der Waals surface area contributed by atoms with Crippen LogP contribution in [0.3, 0.4) is 0 Å². The number of halogens is 1. The first kappa shape index (κ1) is 14.8. The van der Waals surface area contributed by atoms with Gasteiger partial charge in [-0.05, 0) is 12.1 Å². The fourth-order valence-electron chi connectivity index (χ4n) is 1.64. The summed E-state index contributed by atoms with van der Waals surface area (Å²) in [5.41, 5.74) is 0.917. The SMILES string of the molecule is N#Cc1ccccc1NC(=O)CCOc1cncc(Cl)c1. The first-order chi connectivity index (χ1) is 10.2. The van der Waals surface area contributed by atoms with E-state index in [9.17, 15) is 4.79 Å². The van der Waals surface area contributed by atoms with Crippen molar-refractivity contribution in [2.24, 2.45) is 0 Å². The number of nitrogens with zero attached hydrogens (tertiary/aromatic N) is 2. The summed E-state index contributed by atoms with van der Waals surface area (Å²) in [6.45, 7) is 0.197. The Hall–Kier alpha value is -2.58. The molecule has 0 saturated heterocycles. The van der Waals surface area contributed by atoms with Gasteiger partial charge in [0, 0.05) is 12.3 Å². The van der Waals surface area contributed by atoms with Crippen LogP contribution in [0.25, 0.3) is 0 Å². The lowest BCUT2D eigenvalue weighted by molar-refractivity contribution is -0.116. The third-order valence-electron chi connectivity index (χ3n) is 2.60. The Labute approximate surface area is 127 Å². The average Bonchev–Trinajstić information content (AvgIpc) is 2.48. The molecule has 106 valence electrons. The lowest BCUT2D eigenvalue weighted by atomic mass is 10.2. The molecule has 0 atom stereocenters. The van der Waals surface area contributed by atoms with Gasteiger partial charge in [-0.15, -0.1) is 0 Å². The molecule has 1 aromatic carbocycles. The highest BCUT2D eigenvalue weighted by Gasteiger charge is 2.06. The number of hydrogen-bond donors (Lipinski definition) is 1. The van der Waals surface area contributed by atoms with Crippen LogP contribution < -0.4 is 10.1 Å². The van der Waals surface area contributed by atoms with E-state index in [2.05, 4.69) is 10.3 Å². The fourth-order valence-corrected chi connectivity index (χ4v) is 1.80. The van der Waals surface area contributed by atoms with Crippen molar-refractivity contribution in [1.29, 1.82) is 5.26 Å². The third-order valence-corrected chi connectivity index (χ3v) is 2.81. The second kappa shape index (κ2) is 7.27. The van der Waals surface area contributed by atoms with Crippen molar-refractivity contribution < 1.29 is 9.53 Å². The van der Waals surface area contributed by atoms with Gasteiger partial charge in [0.1, 0.15) is 11.8 Å². The smallest absolute Gasteiger partial charge is 0.227 e. The summed E-state index contributed by atoms with van der Waals surface area (Å²) in [7, 11) is 0. The topological polar surface area (TPSA) is 75.0 Å². The summed E-state index contributed by atoms with van der Waals surface area (Å²) in [4.78, 5) is 15.7. The van der Waals surface area contributed by atoms with Crippen LogP contribution in [0.1, 0.15) is 12.0 Å². The molecule has 0 aliphatic rings. The zero-order chi connectivity index (χ0) is 15.1. The highest BCUT2D eigenvalue weighted by Crippen LogP contribution is 2.16. The molecule has 1 amide bonds. The zero-order valence-corrected chi connectivity index (χ0v) is 11.8. The van der Waals surface area contributed by atoms with Crippen LogP contribution >= 0.6 is 11.6 Å². The van der Waals surface area contributed by atoms with Crippen molar-refractivity contribution in [1.82, 2.24) is 4.98 Å². The number of nitrogens with one attached hydrogen (secondary N) is 1. The van der Waals surface area contributed by atoms with E-state index in [0.717, 1.165) is 0 Å². The fraction of sp³-hybridized carbons (Fsp3) is 0.133. The Morgan fingerprint density at radius 2 is 2.19 bits per heavy atom. The van der Waals surface area contributed by atoms with Crippen LogP contribution in [-0.2, 0) is 4.79 Å². The minimum absolute atomic E-state index is 0.159. The van der Waals surface area contributed by atoms with E-state index in [4.69, 9.17) is 21.6 Å². The number of anilines is 1. The molecule has 1 N–H and O–H groups in total. The van der Waals surface area contributed by atoms with E-state index in [1.54, 1.807) is 30.3 Å². The summed E-state index contributed by atoms with van der Waals surface area (Å²) < 4.78 is 5.38. The molecule has 0 fully saturated rings. The minimum atomic E-state index is -0.229. The van der Waals surface area contributed by atoms with Gasteiger partial charge in [0.2, 0.25) is 5.91 Å². The van der Waals surface area contributed by atoms with Crippen LogP contribution in [0.15, 0.2) is 42.7 Å². The van der Waals surface area contributed by atoms with Gasteiger partial charge >= 0.3 is 0 Å². The standard InChI is InChI=1S/C15H12ClN3O2/c16-12-7-13(10-18-9-12)21-6-5-15(20)19-14-4-2-1-3-11(14)8-17/h1-4,7,9-10H,5-6H2,(H,19,20). The Morgan fingerprint density at radius 1 is 1.38 bits per heavy atom. The molecule has 21 heavy (non-hydrogen) atoms. The van der Waals surface area contributed by atoms with Gasteiger partial charge in [0.05, 0.1) is 35.5 Å². The Kier molecular flexibility index (Phi) is 5.13. The highest BCUT2D eigenvalue weighted by atomic mass is 35.5. The van der Waals surface area contributed by atoms with Crippen molar-refractivity contribution in [2.45, 2.75) is 6.42 Å². The Bertz CT molecular complexity index is 683. The van der Waals surface area contributed by atoms with Gasteiger partial charge in [0.25, 0.3) is 0 Å². The molecular formula is C15H12ClN3O2. The molecule has 0 aliphatic carbocycles. The van der Waals surface area contributed by atoms with Crippen LogP contribution in [0.5, 0.6) is 5.75 Å². The summed E-state index contributed by atoms with van der Waals surface area (Å²) in [5, 5.41) is 12.1. The van der Waals surface area contributed by atoms with Crippen molar-refractivity contribution in [2.75, 3.05) is 11.9 Å². The molecule has 2 aromatic rings. The Balaban J connectivity index is 1.84. The number of rotatable bonds is 5. The van der Waals surface area contributed by atoms with E-state index in [1.807, 2.05) is 6.07 Å². The number of pyridine rings is 1. The number of ether oxygens (including phenoxy) is 1. The molecule has 1 heterocycles. The van der Waals surface area contributed by atoms with Gasteiger partial charge in [-0.1, -0.05) is 23.7 Å². The van der Waals surface area contributed by atoms with E-state index in [1.165, 1.54) is 12.4 Å². The zero-order valence-electron chi connectivity index (χ0n) is 11.0. The molecule has 1 aromatic heterocycles. The number of para-hydroxylation sites is 1. The molecule has 0 unspecified atom stereocenters. The van der Waals surface area contributed by atoms with Crippen molar-refractivity contribution in [3.8, 4) is 11.8 Å². The molecule has 2 rings (SSSR count). The van der Waals surface area contributed by atoms with Crippen molar-refractivity contribution in [3.63, 3.8) is 0 Å². The molecule has 0 spiro atoms. The predicted octanol–water partition coefficient (Wildman–Crippen LogP) is 3.01. The van der Waals surface area contributed by atoms with Crippen LogP contribution in [0.4, 0.5) is 5.69 Å². The van der Waals surface area contributed by atoms with E-state index < -0.39 is 0 Å². The molecule has 0 radical (unpaired) electrons. The van der Waals surface area contributed by atoms with Gasteiger partial charge in [-0.2, -0.15) is 5.26 Å². The second-order valence-electron chi connectivity index (χ2n) is 4.14. The first-order valence-corrected chi connectivity index (χ1v) is 6.59. The van der Waals surface area contributed by atoms with Crippen molar-refractivity contribution in [3.05, 3.63) is 53.3 Å². The largest absolute Gasteiger partial charge is 0.491 e. The number of carbonyl (C=O) groups is 1. The van der Waals surface area contributed by atoms with E-state index in [-0.39, 0.29) is 18.9 Å². The van der Waals surface area contributed by atoms with Crippen LogP contribution in [-0.4, -0.2) is 17.5 Å². The number of hydrogen-bond acceptors (Lipinski definition) is 4. The van der Waals surface area contributed by atoms with Gasteiger partial charge < -0.3 is 10.1 Å². The third kappa shape index (κ3) is 4.48. The van der Waals surface area contributed by atoms with Crippen LogP contribution in [0, 0.1) is 11.3 Å². The van der Waals surface area contributed by atoms with Gasteiger partial charge in [-0.3, -0.25) is 9.78 Å². The van der Waals surface area contributed by atoms with Crippen LogP contribution in [0.2, 0.25) is 5.02 Å². The summed E-state index contributed by atoms with van der Waals surface area (Å²) in [6.07, 6.45) is 3.18. The monoisotopic (exact) mass is 301 g/mol. The quantitative estimate of drug-likeness (QED) is 0.921. The van der Waals surface area contributed by atoms with Crippen molar-refractivity contribution >= 4 is 23.2 Å². The maximum atomic E-state index is 11.8. The number of benzene rings is 1. The first-order valence-electron chi connectivity index (χ1n) is 6.21. The molecule has 0 bridgehead atoms. The predicted molar refractivity (Wildman–Crippen MR) is 79.1 cm³/mol. The maximum absolute atomic E-state index is 11.8. The van der Waals surface area contributed by atoms with E-state index >= 15 is 0 Å². The minimum Gasteiger partial charge on any atom is -0.491 e. The Morgan fingerprint density at radius 3 is 2.95 bits per heavy atom. The lowest BCUT2D eigenvalue weighted by Crippen LogP contribution is -2.15. The lowest BCUT2D eigenvalue weighted by Gasteiger charge is -2.08.